The van der Waals surface area contributed by atoms with Crippen LogP contribution in [0.3, 0.4) is 0 Å². The standard InChI is InChI=1S/C24H41N5O2/c1-7-27(8-2)24(31)21-10-9-14-28(17-21)22-16-20(11-12-25-22)23(30)26-13-15-29(18(3)4)19(5)6/h11-12,16,18-19,21H,7-10,13-15,17H2,1-6H3,(H,26,30). The van der Waals surface area contributed by atoms with Gasteiger partial charge in [-0.1, -0.05) is 0 Å². The molecule has 0 bridgehead atoms. The first-order chi connectivity index (χ1) is 14.8. The van der Waals surface area contributed by atoms with Crippen molar-refractivity contribution < 1.29 is 9.59 Å². The Hall–Kier alpha value is -2.15. The van der Waals surface area contributed by atoms with Gasteiger partial charge in [0.15, 0.2) is 0 Å². The molecule has 0 spiro atoms. The summed E-state index contributed by atoms with van der Waals surface area (Å²) in [5, 5.41) is 3.04. The number of aromatic nitrogens is 1. The number of nitrogens with one attached hydrogen (secondary N) is 1. The molecule has 2 rings (SSSR count). The molecule has 0 saturated carbocycles. The maximum absolute atomic E-state index is 12.8. The Balaban J connectivity index is 1.99. The van der Waals surface area contributed by atoms with Crippen molar-refractivity contribution >= 4 is 17.6 Å². The summed E-state index contributed by atoms with van der Waals surface area (Å²) in [4.78, 5) is 36.4. The van der Waals surface area contributed by atoms with Gasteiger partial charge < -0.3 is 15.1 Å². The number of hydrogen-bond donors (Lipinski definition) is 1. The highest BCUT2D eigenvalue weighted by molar-refractivity contribution is 5.94. The topological polar surface area (TPSA) is 68.8 Å². The van der Waals surface area contributed by atoms with Crippen molar-refractivity contribution in [1.29, 1.82) is 0 Å². The summed E-state index contributed by atoms with van der Waals surface area (Å²) in [6.45, 7) is 17.2. The van der Waals surface area contributed by atoms with Gasteiger partial charge in [-0.15, -0.1) is 0 Å². The fourth-order valence-electron chi connectivity index (χ4n) is 4.43. The molecule has 0 radical (unpaired) electrons. The van der Waals surface area contributed by atoms with Crippen molar-refractivity contribution in [3.8, 4) is 0 Å². The normalized spacial score (nSPS) is 16.8. The van der Waals surface area contributed by atoms with E-state index >= 15 is 0 Å². The maximum Gasteiger partial charge on any atom is 0.251 e. The van der Waals surface area contributed by atoms with E-state index in [1.807, 2.05) is 24.8 Å². The van der Waals surface area contributed by atoms with E-state index in [0.29, 0.717) is 30.7 Å². The minimum Gasteiger partial charge on any atom is -0.356 e. The molecule has 174 valence electrons. The summed E-state index contributed by atoms with van der Waals surface area (Å²) in [7, 11) is 0. The van der Waals surface area contributed by atoms with Crippen LogP contribution in [0.2, 0.25) is 0 Å². The molecule has 0 aliphatic carbocycles. The molecule has 1 saturated heterocycles. The Bertz CT molecular complexity index is 710. The molecule has 1 fully saturated rings. The molecule has 2 amide bonds. The van der Waals surface area contributed by atoms with E-state index in [2.05, 4.69) is 47.8 Å². The first kappa shape index (κ1) is 25.1. The minimum atomic E-state index is -0.0797. The summed E-state index contributed by atoms with van der Waals surface area (Å²) in [5.41, 5.74) is 0.614. The first-order valence-electron chi connectivity index (χ1n) is 11.8. The number of carbonyl (C=O) groups excluding carboxylic acids is 2. The van der Waals surface area contributed by atoms with Gasteiger partial charge in [-0.05, 0) is 66.5 Å². The second-order valence-corrected chi connectivity index (χ2v) is 8.88. The highest BCUT2D eigenvalue weighted by atomic mass is 16.2. The van der Waals surface area contributed by atoms with Crippen LogP contribution in [0, 0.1) is 5.92 Å². The minimum absolute atomic E-state index is 0.00835. The SMILES string of the molecule is CCN(CC)C(=O)C1CCCN(c2cc(C(=O)NCCN(C(C)C)C(C)C)ccn2)C1. The van der Waals surface area contributed by atoms with Crippen LogP contribution >= 0.6 is 0 Å². The molecule has 1 aromatic heterocycles. The number of nitrogens with zero attached hydrogens (tertiary/aromatic N) is 4. The third-order valence-electron chi connectivity index (χ3n) is 6.16. The van der Waals surface area contributed by atoms with Gasteiger partial charge in [0.05, 0.1) is 5.92 Å². The Morgan fingerprint density at radius 1 is 1.19 bits per heavy atom. The van der Waals surface area contributed by atoms with Gasteiger partial charge in [0, 0.05) is 63.1 Å². The molecule has 1 aliphatic heterocycles. The van der Waals surface area contributed by atoms with E-state index in [4.69, 9.17) is 0 Å². The summed E-state index contributed by atoms with van der Waals surface area (Å²) >= 11 is 0. The van der Waals surface area contributed by atoms with Gasteiger partial charge in [-0.2, -0.15) is 0 Å². The number of anilines is 1. The van der Waals surface area contributed by atoms with Gasteiger partial charge in [-0.25, -0.2) is 4.98 Å². The molecule has 1 atom stereocenters. The summed E-state index contributed by atoms with van der Waals surface area (Å²) in [6.07, 6.45) is 3.55. The Kier molecular flexibility index (Phi) is 9.75. The van der Waals surface area contributed by atoms with Crippen LogP contribution < -0.4 is 10.2 Å². The smallest absolute Gasteiger partial charge is 0.251 e. The maximum atomic E-state index is 12.8. The molecular weight excluding hydrogens is 390 g/mol. The lowest BCUT2D eigenvalue weighted by Gasteiger charge is -2.35. The molecule has 2 heterocycles. The lowest BCUT2D eigenvalue weighted by atomic mass is 9.96. The molecule has 1 aromatic rings. The lowest BCUT2D eigenvalue weighted by Crippen LogP contribution is -2.45. The number of amides is 2. The predicted octanol–water partition coefficient (Wildman–Crippen LogP) is 3.02. The number of hydrogen-bond acceptors (Lipinski definition) is 5. The predicted molar refractivity (Wildman–Crippen MR) is 126 cm³/mol. The molecular formula is C24H41N5O2. The van der Waals surface area contributed by atoms with Crippen molar-refractivity contribution in [3.63, 3.8) is 0 Å². The number of pyridine rings is 1. The van der Waals surface area contributed by atoms with Crippen LogP contribution in [0.4, 0.5) is 5.82 Å². The van der Waals surface area contributed by atoms with E-state index < -0.39 is 0 Å². The highest BCUT2D eigenvalue weighted by Gasteiger charge is 2.29. The highest BCUT2D eigenvalue weighted by Crippen LogP contribution is 2.23. The van der Waals surface area contributed by atoms with Gasteiger partial charge in [-0.3, -0.25) is 14.5 Å². The lowest BCUT2D eigenvalue weighted by molar-refractivity contribution is -0.135. The first-order valence-corrected chi connectivity index (χ1v) is 11.8. The van der Waals surface area contributed by atoms with Crippen molar-refractivity contribution in [2.45, 2.75) is 66.5 Å². The van der Waals surface area contributed by atoms with Crippen LogP contribution in [0.5, 0.6) is 0 Å². The van der Waals surface area contributed by atoms with E-state index in [1.54, 1.807) is 12.3 Å². The van der Waals surface area contributed by atoms with E-state index in [-0.39, 0.29) is 17.7 Å². The molecule has 7 heteroatoms. The average molecular weight is 432 g/mol. The zero-order valence-corrected chi connectivity index (χ0v) is 20.2. The quantitative estimate of drug-likeness (QED) is 0.617. The van der Waals surface area contributed by atoms with Crippen LogP contribution in [0.1, 0.15) is 64.7 Å². The van der Waals surface area contributed by atoms with Gasteiger partial charge in [0.2, 0.25) is 5.91 Å². The summed E-state index contributed by atoms with van der Waals surface area (Å²) in [6, 6.07) is 4.48. The van der Waals surface area contributed by atoms with E-state index in [9.17, 15) is 9.59 Å². The van der Waals surface area contributed by atoms with Crippen molar-refractivity contribution in [2.75, 3.05) is 44.2 Å². The monoisotopic (exact) mass is 431 g/mol. The van der Waals surface area contributed by atoms with Gasteiger partial charge in [0.1, 0.15) is 5.82 Å². The fourth-order valence-corrected chi connectivity index (χ4v) is 4.43. The second kappa shape index (κ2) is 12.0. The van der Waals surface area contributed by atoms with Crippen LogP contribution in [0.25, 0.3) is 0 Å². The number of rotatable bonds is 10. The van der Waals surface area contributed by atoms with Crippen LogP contribution in [-0.4, -0.2) is 78.0 Å². The van der Waals surface area contributed by atoms with Crippen LogP contribution in [0.15, 0.2) is 18.3 Å². The zero-order valence-electron chi connectivity index (χ0n) is 20.2. The van der Waals surface area contributed by atoms with Crippen molar-refractivity contribution in [3.05, 3.63) is 23.9 Å². The number of piperidine rings is 1. The molecule has 31 heavy (non-hydrogen) atoms. The fraction of sp³-hybridized carbons (Fsp3) is 0.708. The Morgan fingerprint density at radius 2 is 1.87 bits per heavy atom. The Labute approximate surface area is 188 Å². The third kappa shape index (κ3) is 6.92. The summed E-state index contributed by atoms with van der Waals surface area (Å²) < 4.78 is 0. The molecule has 1 aliphatic rings. The van der Waals surface area contributed by atoms with Crippen LogP contribution in [-0.2, 0) is 4.79 Å². The molecule has 1 unspecified atom stereocenters. The largest absolute Gasteiger partial charge is 0.356 e. The van der Waals surface area contributed by atoms with E-state index in [1.165, 1.54) is 0 Å². The van der Waals surface area contributed by atoms with Crippen molar-refractivity contribution in [1.82, 2.24) is 20.1 Å². The van der Waals surface area contributed by atoms with Crippen molar-refractivity contribution in [2.24, 2.45) is 5.92 Å². The second-order valence-electron chi connectivity index (χ2n) is 8.88. The third-order valence-corrected chi connectivity index (χ3v) is 6.16. The van der Waals surface area contributed by atoms with Gasteiger partial charge >= 0.3 is 0 Å². The average Bonchev–Trinajstić information content (AvgIpc) is 2.77. The summed E-state index contributed by atoms with van der Waals surface area (Å²) in [5.74, 6) is 0.911. The molecule has 0 aromatic carbocycles. The number of carbonyl (C=O) groups is 2. The zero-order chi connectivity index (χ0) is 23.0. The Morgan fingerprint density at radius 3 is 2.48 bits per heavy atom. The molecule has 7 nitrogen and oxygen atoms in total. The van der Waals surface area contributed by atoms with E-state index in [0.717, 1.165) is 44.8 Å². The molecule has 1 N–H and O–H groups in total. The van der Waals surface area contributed by atoms with Gasteiger partial charge in [0.25, 0.3) is 5.91 Å².